The second-order valence-corrected chi connectivity index (χ2v) is 0. The molecule has 0 aromatic carbocycles. The van der Waals surface area contributed by atoms with Gasteiger partial charge in [-0.15, -0.1) is 0 Å². The molecule has 0 bridgehead atoms. The molecule has 0 aromatic heterocycles. The van der Waals surface area contributed by atoms with Crippen LogP contribution in [0.25, 0.3) is 0 Å². The summed E-state index contributed by atoms with van der Waals surface area (Å²) in [6.07, 6.45) is 0. The van der Waals surface area contributed by atoms with Gasteiger partial charge in [0.2, 0.25) is 0 Å². The predicted octanol–water partition coefficient (Wildman–Crippen LogP) is -3.68. The van der Waals surface area contributed by atoms with Gasteiger partial charge in [0.05, 0.1) is 0 Å². The van der Waals surface area contributed by atoms with Crippen LogP contribution in [0.5, 0.6) is 0 Å². The van der Waals surface area contributed by atoms with Crippen LogP contribution in [0.2, 0.25) is 0 Å². The second-order valence-electron chi connectivity index (χ2n) is 0. The third-order valence-corrected chi connectivity index (χ3v) is 0. The first-order valence-corrected chi connectivity index (χ1v) is 0. The molecular weight excluding hydrogens is 151 g/mol. The molecule has 0 heterocycles. The van der Waals surface area contributed by atoms with E-state index in [-0.39, 0.29) is 68.5 Å². The molecule has 4 nitrogen and oxygen atoms in total. The van der Waals surface area contributed by atoms with Crippen molar-refractivity contribution in [2.45, 2.75) is 0 Å². The number of hydrogen-bond acceptors (Lipinski definition) is 0. The third-order valence-electron chi connectivity index (χ3n) is 0. The minimum atomic E-state index is 0. The van der Waals surface area contributed by atoms with Gasteiger partial charge in [0, 0.05) is 46.6 Å². The predicted molar refractivity (Wildman–Crippen MR) is 20.2 cm³/mol. The van der Waals surface area contributed by atoms with Gasteiger partial charge in [-0.2, -0.15) is 0 Å². The molecule has 8 N–H and O–H groups in total. The molecule has 0 rings (SSSR count). The second kappa shape index (κ2) is 98.8. The van der Waals surface area contributed by atoms with Crippen LogP contribution in [0.15, 0.2) is 0 Å². The van der Waals surface area contributed by atoms with E-state index in [1.54, 1.807) is 0 Å². The maximum Gasteiger partial charge on any atom is 0 e. The Morgan fingerprint density at radius 1 is 0.500 bits per heavy atom. The van der Waals surface area contributed by atoms with Crippen LogP contribution < -0.4 is 0 Å². The van der Waals surface area contributed by atoms with Gasteiger partial charge in [0.1, 0.15) is 0 Å². The molecule has 0 fully saturated rings. The summed E-state index contributed by atoms with van der Waals surface area (Å²) in [5, 5.41) is 0. The van der Waals surface area contributed by atoms with Crippen LogP contribution in [0.3, 0.4) is 0 Å². The van der Waals surface area contributed by atoms with Crippen molar-refractivity contribution in [3.05, 3.63) is 0 Å². The van der Waals surface area contributed by atoms with Crippen LogP contribution >= 0.6 is 0 Å². The smallest absolute Gasteiger partial charge is 0 e. The van der Waals surface area contributed by atoms with Gasteiger partial charge in [-0.25, -0.2) is 0 Å². The fourth-order valence-electron chi connectivity index (χ4n) is 0. The molecule has 0 saturated carbocycles. The Balaban J connectivity index is 0. The van der Waals surface area contributed by atoms with Crippen LogP contribution in [0.1, 0.15) is 0 Å². The van der Waals surface area contributed by atoms with Crippen LogP contribution in [0, 0.1) is 0 Å². The molecule has 0 aliphatic heterocycles. The van der Waals surface area contributed by atoms with Crippen LogP contribution in [-0.2, 0) is 17.1 Å². The first-order valence-electron chi connectivity index (χ1n) is 0. The molecule has 0 spiro atoms. The monoisotopic (exact) mass is 158 g/mol. The SMILES string of the molecule is O.O.O.O.[Cu].[Na]. The Kier molecular flexibility index (Phi) is 2650. The summed E-state index contributed by atoms with van der Waals surface area (Å²) < 4.78 is 0. The van der Waals surface area contributed by atoms with E-state index in [4.69, 9.17) is 0 Å². The summed E-state index contributed by atoms with van der Waals surface area (Å²) in [7, 11) is 0. The van der Waals surface area contributed by atoms with Crippen molar-refractivity contribution < 1.29 is 39.0 Å². The van der Waals surface area contributed by atoms with Crippen molar-refractivity contribution in [1.82, 2.24) is 0 Å². The summed E-state index contributed by atoms with van der Waals surface area (Å²) in [6.45, 7) is 0. The molecular formula is H8CuNaO4. The van der Waals surface area contributed by atoms with E-state index in [9.17, 15) is 0 Å². The summed E-state index contributed by atoms with van der Waals surface area (Å²) in [6, 6.07) is 0. The average Bonchev–Trinajstić information content (AvgIpc) is 0. The number of rotatable bonds is 0. The minimum Gasteiger partial charge on any atom is -0.412 e. The van der Waals surface area contributed by atoms with E-state index in [0.29, 0.717) is 0 Å². The van der Waals surface area contributed by atoms with E-state index in [0.717, 1.165) is 0 Å². The zero-order valence-corrected chi connectivity index (χ0v) is 6.24. The molecule has 0 aliphatic rings. The minimum absolute atomic E-state index is 0. The molecule has 6 heavy (non-hydrogen) atoms. The van der Waals surface area contributed by atoms with Crippen molar-refractivity contribution in [2.24, 2.45) is 0 Å². The van der Waals surface area contributed by atoms with Gasteiger partial charge < -0.3 is 21.9 Å². The average molecular weight is 159 g/mol. The Morgan fingerprint density at radius 3 is 0.500 bits per heavy atom. The van der Waals surface area contributed by atoms with Gasteiger partial charge in [0.25, 0.3) is 0 Å². The van der Waals surface area contributed by atoms with Gasteiger partial charge in [-0.1, -0.05) is 0 Å². The molecule has 0 aliphatic carbocycles. The quantitative estimate of drug-likeness (QED) is 0.322. The molecule has 0 saturated heterocycles. The van der Waals surface area contributed by atoms with E-state index < -0.39 is 0 Å². The number of hydrogen-bond donors (Lipinski definition) is 0. The van der Waals surface area contributed by atoms with Gasteiger partial charge >= 0.3 is 0 Å². The van der Waals surface area contributed by atoms with E-state index in [1.165, 1.54) is 0 Å². The van der Waals surface area contributed by atoms with Crippen molar-refractivity contribution in [3.8, 4) is 0 Å². The van der Waals surface area contributed by atoms with E-state index in [1.807, 2.05) is 0 Å². The van der Waals surface area contributed by atoms with Crippen molar-refractivity contribution in [2.75, 3.05) is 0 Å². The normalized spacial score (nSPS) is 0. The Morgan fingerprint density at radius 2 is 0.500 bits per heavy atom. The van der Waals surface area contributed by atoms with Gasteiger partial charge in [0.15, 0.2) is 0 Å². The Bertz CT molecular complexity index is 7.51. The van der Waals surface area contributed by atoms with Crippen LogP contribution in [-0.4, -0.2) is 51.5 Å². The topological polar surface area (TPSA) is 126 Å². The Hall–Kier alpha value is 1.36. The largest absolute Gasteiger partial charge is 0.412 e. The maximum absolute atomic E-state index is 0. The van der Waals surface area contributed by atoms with Crippen molar-refractivity contribution in [3.63, 3.8) is 0 Å². The standard InChI is InChI=1S/Cu.Na.4H2O/h;;4*1H2. The maximum atomic E-state index is 0. The zero-order chi connectivity index (χ0) is 0. The molecule has 0 atom stereocenters. The Labute approximate surface area is 68.3 Å². The zero-order valence-electron chi connectivity index (χ0n) is 3.30. The third kappa shape index (κ3) is 55.1. The summed E-state index contributed by atoms with van der Waals surface area (Å²) in [4.78, 5) is 0. The summed E-state index contributed by atoms with van der Waals surface area (Å²) in [5.41, 5.74) is 0. The van der Waals surface area contributed by atoms with E-state index in [2.05, 4.69) is 0 Å². The molecule has 0 aromatic rings. The summed E-state index contributed by atoms with van der Waals surface area (Å²) >= 11 is 0. The molecule has 2 radical (unpaired) electrons. The molecule has 0 unspecified atom stereocenters. The molecule has 0 amide bonds. The molecule has 6 heteroatoms. The van der Waals surface area contributed by atoms with Gasteiger partial charge in [-0.05, 0) is 0 Å². The molecule has 44 valence electrons. The van der Waals surface area contributed by atoms with Crippen molar-refractivity contribution in [1.29, 1.82) is 0 Å². The van der Waals surface area contributed by atoms with E-state index >= 15 is 0 Å². The van der Waals surface area contributed by atoms with Gasteiger partial charge in [-0.3, -0.25) is 0 Å². The first-order chi connectivity index (χ1) is 0. The van der Waals surface area contributed by atoms with Crippen molar-refractivity contribution >= 4 is 29.6 Å². The fraction of sp³-hybridized carbons (Fsp3) is 0. The summed E-state index contributed by atoms with van der Waals surface area (Å²) in [5.74, 6) is 0. The first kappa shape index (κ1) is 161. The fourth-order valence-corrected chi connectivity index (χ4v) is 0. The van der Waals surface area contributed by atoms with Crippen LogP contribution in [0.4, 0.5) is 0 Å².